The van der Waals surface area contributed by atoms with Gasteiger partial charge in [-0.25, -0.2) is 4.98 Å². The molecule has 2 aromatic carbocycles. The minimum absolute atomic E-state index is 0. The lowest BCUT2D eigenvalue weighted by Gasteiger charge is -2.22. The molecule has 0 spiro atoms. The first-order valence-electron chi connectivity index (χ1n) is 11.6. The highest BCUT2D eigenvalue weighted by Gasteiger charge is 2.27. The molecule has 0 radical (unpaired) electrons. The lowest BCUT2D eigenvalue weighted by atomic mass is 9.99. The third-order valence-corrected chi connectivity index (χ3v) is 6.98. The predicted molar refractivity (Wildman–Crippen MR) is 134 cm³/mol. The summed E-state index contributed by atoms with van der Waals surface area (Å²) in [6, 6.07) is 11.9. The van der Waals surface area contributed by atoms with Gasteiger partial charge >= 0.3 is 0 Å². The number of methoxy groups -OCH3 is 1. The zero-order valence-electron chi connectivity index (χ0n) is 19.5. The van der Waals surface area contributed by atoms with E-state index in [9.17, 15) is 9.59 Å². The number of amides is 1. The molecule has 4 aromatic rings. The Balaban J connectivity index is 0.00000253. The van der Waals surface area contributed by atoms with Crippen LogP contribution in [-0.2, 0) is 29.2 Å². The van der Waals surface area contributed by atoms with Crippen molar-refractivity contribution in [2.75, 3.05) is 20.3 Å². The number of nitrogens with one attached hydrogen (secondary N) is 1. The molecule has 0 bridgehead atoms. The van der Waals surface area contributed by atoms with Crippen molar-refractivity contribution in [1.82, 2.24) is 19.3 Å². The summed E-state index contributed by atoms with van der Waals surface area (Å²) in [5.41, 5.74) is 5.39. The fourth-order valence-corrected chi connectivity index (χ4v) is 5.25. The molecular formula is C26H27ClN4O4. The third-order valence-electron chi connectivity index (χ3n) is 6.98. The molecule has 0 aliphatic carbocycles. The van der Waals surface area contributed by atoms with E-state index in [-0.39, 0.29) is 29.8 Å². The largest absolute Gasteiger partial charge is 0.381 e. The van der Waals surface area contributed by atoms with Gasteiger partial charge in [-0.15, -0.1) is 12.4 Å². The Labute approximate surface area is 208 Å². The molecule has 0 atom stereocenters. The van der Waals surface area contributed by atoms with Crippen LogP contribution >= 0.6 is 12.4 Å². The van der Waals surface area contributed by atoms with Crippen molar-refractivity contribution in [3.63, 3.8) is 0 Å². The number of carbonyl (C=O) groups is 1. The molecule has 0 saturated carbocycles. The van der Waals surface area contributed by atoms with Crippen molar-refractivity contribution in [1.29, 1.82) is 0 Å². The smallest absolute Gasteiger partial charge is 0.274 e. The standard InChI is InChI=1S/C26H26N4O4.ClH/c1-33-15-19-10-22-21(11-20(19)26(32)29-13-17-4-2-3-5-18(17)14-29)28-25(31)23-12-27-24(30(22)23)16-6-8-34-9-7-16;/h2-5,10-12,16H,6-9,13-15H2,1H3,(H,28,31);1H. The summed E-state index contributed by atoms with van der Waals surface area (Å²) in [5, 5.41) is 0. The first-order chi connectivity index (χ1) is 16.6. The van der Waals surface area contributed by atoms with E-state index in [0.717, 1.165) is 29.7 Å². The van der Waals surface area contributed by atoms with Gasteiger partial charge in [0.1, 0.15) is 11.3 Å². The summed E-state index contributed by atoms with van der Waals surface area (Å²) in [4.78, 5) is 36.0. The van der Waals surface area contributed by atoms with Crippen LogP contribution in [0.5, 0.6) is 0 Å². The summed E-state index contributed by atoms with van der Waals surface area (Å²) in [7, 11) is 1.62. The minimum Gasteiger partial charge on any atom is -0.381 e. The van der Waals surface area contributed by atoms with Crippen LogP contribution in [0.3, 0.4) is 0 Å². The molecule has 2 aromatic heterocycles. The van der Waals surface area contributed by atoms with E-state index in [1.165, 1.54) is 11.1 Å². The van der Waals surface area contributed by atoms with Crippen LogP contribution in [0.15, 0.2) is 47.4 Å². The van der Waals surface area contributed by atoms with Crippen LogP contribution in [0.1, 0.15) is 51.6 Å². The van der Waals surface area contributed by atoms with E-state index in [1.807, 2.05) is 27.5 Å². The first kappa shape index (κ1) is 23.5. The summed E-state index contributed by atoms with van der Waals surface area (Å²) >= 11 is 0. The number of imidazole rings is 1. The molecule has 35 heavy (non-hydrogen) atoms. The number of hydrogen-bond donors (Lipinski definition) is 1. The van der Waals surface area contributed by atoms with Crippen molar-refractivity contribution in [2.45, 2.75) is 38.5 Å². The second-order valence-electron chi connectivity index (χ2n) is 9.07. The predicted octanol–water partition coefficient (Wildman–Crippen LogP) is 3.79. The highest BCUT2D eigenvalue weighted by Crippen LogP contribution is 2.30. The Bertz CT molecular complexity index is 1450. The van der Waals surface area contributed by atoms with Crippen molar-refractivity contribution >= 4 is 34.9 Å². The fourth-order valence-electron chi connectivity index (χ4n) is 5.25. The van der Waals surface area contributed by atoms with Gasteiger partial charge in [-0.2, -0.15) is 0 Å². The van der Waals surface area contributed by atoms with Crippen LogP contribution in [0.4, 0.5) is 0 Å². The second kappa shape index (κ2) is 9.45. The number of hydrogen-bond acceptors (Lipinski definition) is 5. The SMILES string of the molecule is COCc1cc2c(cc1C(=O)N1Cc3ccccc3C1)[nH]c(=O)c1cnc(C3CCOCC3)n12.Cl. The summed E-state index contributed by atoms with van der Waals surface area (Å²) in [6.45, 7) is 2.81. The van der Waals surface area contributed by atoms with Crippen molar-refractivity contribution in [3.05, 3.63) is 81.0 Å². The molecule has 6 rings (SSSR count). The summed E-state index contributed by atoms with van der Waals surface area (Å²) in [6.07, 6.45) is 3.37. The Morgan fingerprint density at radius 1 is 1.14 bits per heavy atom. The van der Waals surface area contributed by atoms with E-state index in [4.69, 9.17) is 9.47 Å². The average Bonchev–Trinajstić information content (AvgIpc) is 3.50. The van der Waals surface area contributed by atoms with Gasteiger partial charge < -0.3 is 19.4 Å². The maximum absolute atomic E-state index is 13.6. The maximum atomic E-state index is 13.6. The topological polar surface area (TPSA) is 88.9 Å². The monoisotopic (exact) mass is 494 g/mol. The Morgan fingerprint density at radius 2 is 1.86 bits per heavy atom. The van der Waals surface area contributed by atoms with Crippen LogP contribution < -0.4 is 5.56 Å². The van der Waals surface area contributed by atoms with Gasteiger partial charge in [0, 0.05) is 44.9 Å². The zero-order valence-corrected chi connectivity index (χ0v) is 20.3. The summed E-state index contributed by atoms with van der Waals surface area (Å²) in [5.74, 6) is 1.02. The van der Waals surface area contributed by atoms with Gasteiger partial charge in [0.15, 0.2) is 0 Å². The zero-order chi connectivity index (χ0) is 23.2. The highest BCUT2D eigenvalue weighted by molar-refractivity contribution is 5.99. The number of rotatable bonds is 4. The third kappa shape index (κ3) is 4.01. The Morgan fingerprint density at radius 3 is 2.54 bits per heavy atom. The number of H-pyrrole nitrogens is 1. The molecule has 8 nitrogen and oxygen atoms in total. The van der Waals surface area contributed by atoms with Crippen LogP contribution in [0.2, 0.25) is 0 Å². The van der Waals surface area contributed by atoms with E-state index >= 15 is 0 Å². The number of benzene rings is 2. The number of aromatic nitrogens is 3. The van der Waals surface area contributed by atoms with Gasteiger partial charge in [-0.1, -0.05) is 24.3 Å². The molecule has 2 aliphatic heterocycles. The van der Waals surface area contributed by atoms with Crippen LogP contribution in [-0.4, -0.2) is 45.5 Å². The van der Waals surface area contributed by atoms with Gasteiger partial charge in [0.05, 0.1) is 23.8 Å². The second-order valence-corrected chi connectivity index (χ2v) is 9.07. The maximum Gasteiger partial charge on any atom is 0.274 e. The van der Waals surface area contributed by atoms with Gasteiger partial charge in [-0.3, -0.25) is 14.0 Å². The molecule has 1 amide bonds. The average molecular weight is 495 g/mol. The van der Waals surface area contributed by atoms with Crippen molar-refractivity contribution in [3.8, 4) is 0 Å². The molecule has 1 saturated heterocycles. The van der Waals surface area contributed by atoms with Gasteiger partial charge in [0.2, 0.25) is 0 Å². The normalized spacial score (nSPS) is 16.0. The van der Waals surface area contributed by atoms with Gasteiger partial charge in [0.25, 0.3) is 11.5 Å². The minimum atomic E-state index is -0.218. The summed E-state index contributed by atoms with van der Waals surface area (Å²) < 4.78 is 12.9. The number of carbonyl (C=O) groups excluding carboxylic acids is 1. The van der Waals surface area contributed by atoms with Crippen LogP contribution in [0, 0.1) is 0 Å². The first-order valence-corrected chi connectivity index (χ1v) is 11.6. The Hall–Kier alpha value is -3.20. The lowest BCUT2D eigenvalue weighted by molar-refractivity contribution is 0.0746. The molecule has 0 unspecified atom stereocenters. The number of aromatic amines is 1. The molecule has 4 heterocycles. The number of ether oxygens (including phenoxy) is 2. The van der Waals surface area contributed by atoms with E-state index in [2.05, 4.69) is 22.1 Å². The molecule has 1 fully saturated rings. The van der Waals surface area contributed by atoms with E-state index in [0.29, 0.717) is 49.5 Å². The highest BCUT2D eigenvalue weighted by atomic mass is 35.5. The molecule has 9 heteroatoms. The molecule has 182 valence electrons. The molecular weight excluding hydrogens is 468 g/mol. The van der Waals surface area contributed by atoms with Gasteiger partial charge in [-0.05, 0) is 41.7 Å². The molecule has 2 aliphatic rings. The number of halogens is 1. The Kier molecular flexibility index (Phi) is 6.35. The fraction of sp³-hybridized carbons (Fsp3) is 0.346. The lowest BCUT2D eigenvalue weighted by Crippen LogP contribution is -2.27. The van der Waals surface area contributed by atoms with Crippen molar-refractivity contribution in [2.24, 2.45) is 0 Å². The van der Waals surface area contributed by atoms with Crippen molar-refractivity contribution < 1.29 is 14.3 Å². The van der Waals surface area contributed by atoms with Crippen LogP contribution in [0.25, 0.3) is 16.6 Å². The number of nitrogens with zero attached hydrogens (tertiary/aromatic N) is 3. The molecule has 1 N–H and O–H groups in total. The number of fused-ring (bicyclic) bond motifs is 4. The van der Waals surface area contributed by atoms with E-state index < -0.39 is 0 Å². The van der Waals surface area contributed by atoms with E-state index in [1.54, 1.807) is 19.4 Å². The quantitative estimate of drug-likeness (QED) is 0.466.